The Morgan fingerprint density at radius 1 is 1.44 bits per heavy atom. The van der Waals surface area contributed by atoms with Gasteiger partial charge in [-0.2, -0.15) is 0 Å². The molecule has 1 aromatic rings. The largest absolute Gasteiger partial charge is 0.328 e. The van der Waals surface area contributed by atoms with Gasteiger partial charge in [-0.3, -0.25) is 4.90 Å². The van der Waals surface area contributed by atoms with Crippen LogP contribution in [0, 0.1) is 11.7 Å². The monoisotopic (exact) mass is 314 g/mol. The number of hydrogen-bond donors (Lipinski definition) is 1. The van der Waals surface area contributed by atoms with Gasteiger partial charge < -0.3 is 5.73 Å². The Morgan fingerprint density at radius 2 is 2.17 bits per heavy atom. The maximum absolute atomic E-state index is 13.9. The maximum atomic E-state index is 13.9. The van der Waals surface area contributed by atoms with Crippen LogP contribution in [0.4, 0.5) is 4.39 Å². The van der Waals surface area contributed by atoms with Crippen molar-refractivity contribution < 1.29 is 4.39 Å². The topological polar surface area (TPSA) is 29.3 Å². The van der Waals surface area contributed by atoms with Crippen molar-refractivity contribution in [1.82, 2.24) is 4.90 Å². The summed E-state index contributed by atoms with van der Waals surface area (Å²) in [6, 6.07) is 5.45. The number of hydrogen-bond acceptors (Lipinski definition) is 2. The molecule has 2 nitrogen and oxygen atoms in total. The molecule has 4 heteroatoms. The minimum Gasteiger partial charge on any atom is -0.328 e. The first kappa shape index (κ1) is 14.0. The number of nitrogens with zero attached hydrogens (tertiary/aromatic N) is 1. The van der Waals surface area contributed by atoms with Crippen molar-refractivity contribution in [3.63, 3.8) is 0 Å². The van der Waals surface area contributed by atoms with Crippen molar-refractivity contribution >= 4 is 15.9 Å². The number of rotatable bonds is 3. The van der Waals surface area contributed by atoms with Gasteiger partial charge in [-0.25, -0.2) is 4.39 Å². The zero-order valence-corrected chi connectivity index (χ0v) is 12.5. The Bertz CT molecular complexity index is 422. The third-order valence-electron chi connectivity index (χ3n) is 3.96. The quantitative estimate of drug-likeness (QED) is 0.927. The van der Waals surface area contributed by atoms with Crippen LogP contribution in [0.15, 0.2) is 22.7 Å². The lowest BCUT2D eigenvalue weighted by Crippen LogP contribution is -2.31. The second kappa shape index (κ2) is 5.68. The lowest BCUT2D eigenvalue weighted by molar-refractivity contribution is 0.243. The fourth-order valence-corrected chi connectivity index (χ4v) is 3.01. The third-order valence-corrected chi connectivity index (χ3v) is 4.45. The van der Waals surface area contributed by atoms with E-state index in [2.05, 4.69) is 34.7 Å². The summed E-state index contributed by atoms with van der Waals surface area (Å²) in [5.74, 6) is 0.401. The van der Waals surface area contributed by atoms with Gasteiger partial charge >= 0.3 is 0 Å². The number of likely N-dealkylation sites (tertiary alicyclic amines) is 1. The molecule has 1 aromatic carbocycles. The van der Waals surface area contributed by atoms with Crippen LogP contribution >= 0.6 is 15.9 Å². The summed E-state index contributed by atoms with van der Waals surface area (Å²) in [7, 11) is 0. The van der Waals surface area contributed by atoms with Crippen LogP contribution in [0.25, 0.3) is 0 Å². The van der Waals surface area contributed by atoms with E-state index in [0.717, 1.165) is 29.5 Å². The predicted octanol–water partition coefficient (Wildman–Crippen LogP) is 3.32. The second-order valence-corrected chi connectivity index (χ2v) is 6.16. The molecular weight excluding hydrogens is 295 g/mol. The molecule has 1 aliphatic heterocycles. The van der Waals surface area contributed by atoms with Crippen LogP contribution in [-0.4, -0.2) is 24.0 Å². The molecule has 1 saturated heterocycles. The molecule has 2 rings (SSSR count). The third kappa shape index (κ3) is 2.92. The van der Waals surface area contributed by atoms with Crippen LogP contribution < -0.4 is 5.73 Å². The number of nitrogens with two attached hydrogens (primary N) is 1. The highest BCUT2D eigenvalue weighted by Gasteiger charge is 2.29. The SMILES string of the molecule is CC(N)C1CCN(C(C)c2cc(Br)ccc2F)C1. The molecule has 100 valence electrons. The second-order valence-electron chi connectivity index (χ2n) is 5.24. The molecule has 1 heterocycles. The first-order chi connectivity index (χ1) is 8.49. The van der Waals surface area contributed by atoms with Crippen LogP contribution in [0.1, 0.15) is 31.9 Å². The number of halogens is 2. The Labute approximate surface area is 116 Å². The Morgan fingerprint density at radius 3 is 2.78 bits per heavy atom. The van der Waals surface area contributed by atoms with Gasteiger partial charge in [0.1, 0.15) is 5.82 Å². The van der Waals surface area contributed by atoms with Gasteiger partial charge in [0.15, 0.2) is 0 Å². The molecule has 0 amide bonds. The normalized spacial score (nSPS) is 24.2. The van der Waals surface area contributed by atoms with Gasteiger partial charge in [0, 0.05) is 28.7 Å². The van der Waals surface area contributed by atoms with Crippen molar-refractivity contribution in [3.8, 4) is 0 Å². The first-order valence-corrected chi connectivity index (χ1v) is 7.23. The minimum absolute atomic E-state index is 0.103. The summed E-state index contributed by atoms with van der Waals surface area (Å²) in [4.78, 5) is 2.32. The van der Waals surface area contributed by atoms with Crippen molar-refractivity contribution in [1.29, 1.82) is 0 Å². The average molecular weight is 315 g/mol. The lowest BCUT2D eigenvalue weighted by atomic mass is 10.0. The molecule has 0 bridgehead atoms. The molecule has 2 N–H and O–H groups in total. The van der Waals surface area contributed by atoms with E-state index in [-0.39, 0.29) is 17.9 Å². The van der Waals surface area contributed by atoms with Crippen molar-refractivity contribution in [2.24, 2.45) is 11.7 Å². The van der Waals surface area contributed by atoms with Gasteiger partial charge in [-0.05, 0) is 50.9 Å². The molecule has 0 aromatic heterocycles. The zero-order valence-electron chi connectivity index (χ0n) is 10.9. The van der Waals surface area contributed by atoms with E-state index in [4.69, 9.17) is 5.73 Å². The Hall–Kier alpha value is -0.450. The van der Waals surface area contributed by atoms with Gasteiger partial charge in [0.2, 0.25) is 0 Å². The molecule has 0 aliphatic carbocycles. The first-order valence-electron chi connectivity index (χ1n) is 6.43. The van der Waals surface area contributed by atoms with Gasteiger partial charge in [0.05, 0.1) is 0 Å². The van der Waals surface area contributed by atoms with Crippen molar-refractivity contribution in [2.75, 3.05) is 13.1 Å². The Balaban J connectivity index is 2.12. The van der Waals surface area contributed by atoms with E-state index in [1.165, 1.54) is 6.07 Å². The standard InChI is InChI=1S/C14H20BrFN2/c1-9(17)11-5-6-18(8-11)10(2)13-7-12(15)3-4-14(13)16/h3-4,7,9-11H,5-6,8,17H2,1-2H3. The zero-order chi connectivity index (χ0) is 13.3. The lowest BCUT2D eigenvalue weighted by Gasteiger charge is -2.26. The summed E-state index contributed by atoms with van der Waals surface area (Å²) in [6.07, 6.45) is 1.11. The number of benzene rings is 1. The van der Waals surface area contributed by atoms with E-state index in [1.54, 1.807) is 6.07 Å². The molecule has 0 spiro atoms. The molecule has 18 heavy (non-hydrogen) atoms. The highest BCUT2D eigenvalue weighted by atomic mass is 79.9. The predicted molar refractivity (Wildman–Crippen MR) is 75.8 cm³/mol. The van der Waals surface area contributed by atoms with Crippen LogP contribution in [0.3, 0.4) is 0 Å². The van der Waals surface area contributed by atoms with Crippen molar-refractivity contribution in [3.05, 3.63) is 34.1 Å². The van der Waals surface area contributed by atoms with Crippen molar-refractivity contribution in [2.45, 2.75) is 32.4 Å². The average Bonchev–Trinajstić information content (AvgIpc) is 2.81. The van der Waals surface area contributed by atoms with Gasteiger partial charge in [-0.1, -0.05) is 15.9 Å². The maximum Gasteiger partial charge on any atom is 0.128 e. The fraction of sp³-hybridized carbons (Fsp3) is 0.571. The molecule has 0 saturated carbocycles. The summed E-state index contributed by atoms with van der Waals surface area (Å²) in [5.41, 5.74) is 6.70. The summed E-state index contributed by atoms with van der Waals surface area (Å²) >= 11 is 3.40. The van der Waals surface area contributed by atoms with E-state index in [9.17, 15) is 4.39 Å². The van der Waals surface area contributed by atoms with Gasteiger partial charge in [-0.15, -0.1) is 0 Å². The van der Waals surface area contributed by atoms with Crippen LogP contribution in [0.2, 0.25) is 0 Å². The molecule has 1 fully saturated rings. The minimum atomic E-state index is -0.130. The Kier molecular flexibility index (Phi) is 4.41. The highest BCUT2D eigenvalue weighted by molar-refractivity contribution is 9.10. The molecule has 0 radical (unpaired) electrons. The molecule has 1 aliphatic rings. The van der Waals surface area contributed by atoms with E-state index >= 15 is 0 Å². The summed E-state index contributed by atoms with van der Waals surface area (Å²) < 4.78 is 14.8. The van der Waals surface area contributed by atoms with E-state index in [0.29, 0.717) is 5.92 Å². The van der Waals surface area contributed by atoms with Gasteiger partial charge in [0.25, 0.3) is 0 Å². The summed E-state index contributed by atoms with van der Waals surface area (Å²) in [5, 5.41) is 0. The van der Waals surface area contributed by atoms with Crippen LogP contribution in [0.5, 0.6) is 0 Å². The fourth-order valence-electron chi connectivity index (χ4n) is 2.63. The summed E-state index contributed by atoms with van der Waals surface area (Å²) in [6.45, 7) is 6.08. The highest BCUT2D eigenvalue weighted by Crippen LogP contribution is 2.31. The molecule has 3 unspecified atom stereocenters. The smallest absolute Gasteiger partial charge is 0.128 e. The van der Waals surface area contributed by atoms with Crippen LogP contribution in [-0.2, 0) is 0 Å². The van der Waals surface area contributed by atoms with E-state index < -0.39 is 0 Å². The van der Waals surface area contributed by atoms with E-state index in [1.807, 2.05) is 6.07 Å². The molecule has 3 atom stereocenters. The molecular formula is C14H20BrFN2.